The first-order valence-corrected chi connectivity index (χ1v) is 9.83. The number of carbonyl (C=O) groups is 2. The van der Waals surface area contributed by atoms with Crippen molar-refractivity contribution in [2.24, 2.45) is 16.2 Å². The number of hydrogen-bond acceptors (Lipinski definition) is 4. The number of Topliss-reactive ketones (excluding diaryl/α,β-unsaturated/α-hetero) is 1. The van der Waals surface area contributed by atoms with Gasteiger partial charge in [0.1, 0.15) is 0 Å². The summed E-state index contributed by atoms with van der Waals surface area (Å²) in [7, 11) is 0. The number of ketones is 1. The van der Waals surface area contributed by atoms with Crippen LogP contribution in [0.3, 0.4) is 0 Å². The van der Waals surface area contributed by atoms with Crippen LogP contribution in [-0.2, 0) is 9.59 Å². The third kappa shape index (κ3) is 1.71. The monoisotopic (exact) mass is 406 g/mol. The Balaban J connectivity index is 1.72. The van der Waals surface area contributed by atoms with Gasteiger partial charge in [0.2, 0.25) is 5.91 Å². The largest absolute Gasteiger partial charge is 0.301 e. The fourth-order valence-electron chi connectivity index (χ4n) is 4.59. The first kappa shape index (κ1) is 16.2. The minimum atomic E-state index is -0.726. The summed E-state index contributed by atoms with van der Waals surface area (Å²) in [6.45, 7) is 6.11. The highest BCUT2D eigenvalue weighted by Crippen LogP contribution is 2.72. The van der Waals surface area contributed by atoms with Crippen molar-refractivity contribution in [2.45, 2.75) is 38.4 Å². The van der Waals surface area contributed by atoms with Gasteiger partial charge in [-0.3, -0.25) is 9.59 Å². The van der Waals surface area contributed by atoms with Crippen molar-refractivity contribution in [3.63, 3.8) is 0 Å². The number of hydrogen-bond donors (Lipinski definition) is 1. The Morgan fingerprint density at radius 1 is 1.29 bits per heavy atom. The van der Waals surface area contributed by atoms with E-state index in [0.29, 0.717) is 5.13 Å². The van der Waals surface area contributed by atoms with Crippen molar-refractivity contribution in [1.82, 2.24) is 4.98 Å². The van der Waals surface area contributed by atoms with Crippen molar-refractivity contribution in [1.29, 1.82) is 0 Å². The van der Waals surface area contributed by atoms with Gasteiger partial charge in [0.25, 0.3) is 0 Å². The highest BCUT2D eigenvalue weighted by molar-refractivity contribution is 9.10. The van der Waals surface area contributed by atoms with Crippen molar-refractivity contribution in [3.05, 3.63) is 24.3 Å². The van der Waals surface area contributed by atoms with Gasteiger partial charge < -0.3 is 5.32 Å². The minimum Gasteiger partial charge on any atom is -0.301 e. The minimum absolute atomic E-state index is 0.0944. The maximum atomic E-state index is 13.3. The Bertz CT molecular complexity index is 844. The molecule has 0 saturated heterocycles. The molecule has 0 spiro atoms. The maximum Gasteiger partial charge on any atom is 0.234 e. The molecule has 2 aromatic rings. The Morgan fingerprint density at radius 2 is 2.00 bits per heavy atom. The van der Waals surface area contributed by atoms with E-state index in [2.05, 4.69) is 40.1 Å². The van der Waals surface area contributed by atoms with Gasteiger partial charge >= 0.3 is 0 Å². The van der Waals surface area contributed by atoms with Crippen LogP contribution >= 0.6 is 27.3 Å². The van der Waals surface area contributed by atoms with Crippen LogP contribution < -0.4 is 5.32 Å². The predicted octanol–water partition coefficient (Wildman–Crippen LogP) is 4.39. The molecule has 0 aliphatic heterocycles. The van der Waals surface area contributed by atoms with Crippen LogP contribution in [0.25, 0.3) is 10.2 Å². The van der Waals surface area contributed by atoms with E-state index in [1.165, 1.54) is 11.3 Å². The summed E-state index contributed by atoms with van der Waals surface area (Å²) in [6.07, 6.45) is 1.48. The van der Waals surface area contributed by atoms with Gasteiger partial charge in [-0.2, -0.15) is 0 Å². The summed E-state index contributed by atoms with van der Waals surface area (Å²) < 4.78 is 1.04. The Hall–Kier alpha value is -1.27. The molecule has 1 amide bonds. The summed E-state index contributed by atoms with van der Waals surface area (Å²) in [5.74, 6) is 0.0567. The molecule has 3 atom stereocenters. The molecular formula is C18H19BrN2O2S. The number of para-hydroxylation sites is 1. The van der Waals surface area contributed by atoms with E-state index in [-0.39, 0.29) is 11.7 Å². The molecule has 4 nitrogen and oxygen atoms in total. The fourth-order valence-corrected chi connectivity index (χ4v) is 6.96. The van der Waals surface area contributed by atoms with Gasteiger partial charge in [-0.1, -0.05) is 60.2 Å². The molecule has 1 aromatic heterocycles. The number of fused-ring (bicyclic) bond motifs is 3. The first-order chi connectivity index (χ1) is 11.2. The fraction of sp³-hybridized carbons (Fsp3) is 0.500. The molecule has 2 aliphatic carbocycles. The molecule has 1 aromatic carbocycles. The van der Waals surface area contributed by atoms with E-state index < -0.39 is 21.1 Å². The van der Waals surface area contributed by atoms with E-state index in [1.807, 2.05) is 31.2 Å². The molecule has 2 bridgehead atoms. The van der Waals surface area contributed by atoms with E-state index in [1.54, 1.807) is 0 Å². The van der Waals surface area contributed by atoms with Crippen LogP contribution in [0.15, 0.2) is 24.3 Å². The van der Waals surface area contributed by atoms with Crippen molar-refractivity contribution >= 4 is 54.3 Å². The molecule has 1 heterocycles. The molecule has 126 valence electrons. The van der Waals surface area contributed by atoms with Gasteiger partial charge in [-0.05, 0) is 30.4 Å². The lowest BCUT2D eigenvalue weighted by Crippen LogP contribution is -2.47. The molecule has 2 saturated carbocycles. The maximum absolute atomic E-state index is 13.3. The highest BCUT2D eigenvalue weighted by Gasteiger charge is 2.76. The van der Waals surface area contributed by atoms with Gasteiger partial charge in [0.05, 0.1) is 20.5 Å². The van der Waals surface area contributed by atoms with Crippen LogP contribution in [0.4, 0.5) is 5.13 Å². The topological polar surface area (TPSA) is 59.1 Å². The number of benzene rings is 1. The van der Waals surface area contributed by atoms with Crippen LogP contribution in [-0.4, -0.2) is 21.5 Å². The van der Waals surface area contributed by atoms with Crippen molar-refractivity contribution in [2.75, 3.05) is 5.32 Å². The van der Waals surface area contributed by atoms with E-state index in [9.17, 15) is 9.59 Å². The van der Waals surface area contributed by atoms with Crippen molar-refractivity contribution in [3.8, 4) is 0 Å². The van der Waals surface area contributed by atoms with E-state index >= 15 is 0 Å². The quantitative estimate of drug-likeness (QED) is 0.751. The SMILES string of the molecule is CC1(C)[C@]2(C)CC[C@@]1(C(=O)Nc1nc3ccccc3s1)[C@@H](Br)C2=O. The number of halogens is 1. The lowest BCUT2D eigenvalue weighted by molar-refractivity contribution is -0.130. The molecule has 2 aliphatic rings. The second kappa shape index (κ2) is 4.88. The molecule has 0 unspecified atom stereocenters. The smallest absolute Gasteiger partial charge is 0.234 e. The zero-order valence-corrected chi connectivity index (χ0v) is 16.3. The third-order valence-electron chi connectivity index (χ3n) is 6.64. The summed E-state index contributed by atoms with van der Waals surface area (Å²) in [6, 6.07) is 7.81. The number of aromatic nitrogens is 1. The second-order valence-electron chi connectivity index (χ2n) is 7.60. The predicted molar refractivity (Wildman–Crippen MR) is 99.5 cm³/mol. The standard InChI is InChI=1S/C18H19BrN2O2S/c1-16(2)17(3)8-9-18(16,12(19)13(17)22)14(23)21-15-20-10-6-4-5-7-11(10)24-15/h4-7,12H,8-9H2,1-3H3,(H,20,21,23)/t12-,17+,18-/m0/s1. The lowest BCUT2D eigenvalue weighted by Gasteiger charge is -2.39. The van der Waals surface area contributed by atoms with Gasteiger partial charge in [0, 0.05) is 5.41 Å². The average molecular weight is 407 g/mol. The number of thiazole rings is 1. The third-order valence-corrected chi connectivity index (χ3v) is 8.79. The Labute approximate surface area is 153 Å². The summed E-state index contributed by atoms with van der Waals surface area (Å²) >= 11 is 5.02. The zero-order valence-electron chi connectivity index (χ0n) is 13.9. The summed E-state index contributed by atoms with van der Waals surface area (Å²) in [5.41, 5.74) is -0.696. The average Bonchev–Trinajstić information content (AvgIpc) is 3.06. The number of nitrogens with one attached hydrogen (secondary N) is 1. The van der Waals surface area contributed by atoms with Gasteiger partial charge in [-0.25, -0.2) is 4.98 Å². The molecule has 1 N–H and O–H groups in total. The number of amides is 1. The zero-order chi connectivity index (χ0) is 17.3. The van der Waals surface area contributed by atoms with Gasteiger partial charge in [0.15, 0.2) is 10.9 Å². The number of rotatable bonds is 2. The summed E-state index contributed by atoms with van der Waals surface area (Å²) in [5, 5.41) is 3.60. The lowest BCUT2D eigenvalue weighted by atomic mass is 9.64. The molecule has 4 rings (SSSR count). The Kier molecular flexibility index (Phi) is 3.30. The highest BCUT2D eigenvalue weighted by atomic mass is 79.9. The number of anilines is 1. The summed E-state index contributed by atoms with van der Waals surface area (Å²) in [4.78, 5) is 30.1. The number of carbonyl (C=O) groups excluding carboxylic acids is 2. The second-order valence-corrected chi connectivity index (χ2v) is 9.54. The van der Waals surface area contributed by atoms with Crippen LogP contribution in [0.5, 0.6) is 0 Å². The molecular weight excluding hydrogens is 388 g/mol. The van der Waals surface area contributed by atoms with Crippen LogP contribution in [0.2, 0.25) is 0 Å². The molecule has 6 heteroatoms. The van der Waals surface area contributed by atoms with Gasteiger partial charge in [-0.15, -0.1) is 0 Å². The Morgan fingerprint density at radius 3 is 2.62 bits per heavy atom. The molecule has 0 radical (unpaired) electrons. The van der Waals surface area contributed by atoms with Crippen LogP contribution in [0.1, 0.15) is 33.6 Å². The first-order valence-electron chi connectivity index (χ1n) is 8.09. The van der Waals surface area contributed by atoms with E-state index in [4.69, 9.17) is 0 Å². The normalized spacial score (nSPS) is 34.0. The number of alkyl halides is 1. The molecule has 2 fully saturated rings. The van der Waals surface area contributed by atoms with Crippen molar-refractivity contribution < 1.29 is 9.59 Å². The van der Waals surface area contributed by atoms with Crippen LogP contribution in [0, 0.1) is 16.2 Å². The number of nitrogens with zero attached hydrogens (tertiary/aromatic N) is 1. The van der Waals surface area contributed by atoms with E-state index in [0.717, 1.165) is 23.1 Å². The molecule has 24 heavy (non-hydrogen) atoms.